The number of aliphatic hydroxyl groups excluding tert-OH is 1. The van der Waals surface area contributed by atoms with Crippen LogP contribution in [0, 0.1) is 5.92 Å². The normalized spacial score (nSPS) is 13.9. The van der Waals surface area contributed by atoms with E-state index in [0.29, 0.717) is 31.6 Å². The lowest BCUT2D eigenvalue weighted by Gasteiger charge is -2.21. The van der Waals surface area contributed by atoms with Crippen molar-refractivity contribution in [2.75, 3.05) is 39.6 Å². The number of unbranched alkanes of at least 4 members (excludes halogenated alkanes) is 52. The standard InChI is InChI=1S/C80H156O17P2/c1-6-9-12-15-18-21-23-25-27-29-31-33-35-37-39-41-43-46-49-55-60-65-79(84)96-75(69-91-78(83)64-59-54-48-45-42-40-38-36-34-32-30-28-26-24-22-19-16-13-10-7-2)71-94-98(86,87)92-67-74(81)68-93-99(88,89)95-72-76(97-80(85)66-61-56-51-50-52-57-62-73(4)5)70-90-77(82)63-58-53-47-44-20-17-14-11-8-3/h73-76,81H,6-72H2,1-5H3,(H,86,87)(H,88,89)/t74-,75-,76-/m1/s1. The number of carbonyl (C=O) groups is 4. The molecule has 0 bridgehead atoms. The SMILES string of the molecule is CCCCCCCCCCCCCCCCCCCCCCCC(=O)O[C@H](COC(=O)CCCCCCCCCCCCCCCCCCCCCC)COP(=O)(O)OC[C@@H](O)COP(=O)(O)OC[C@@H](COC(=O)CCCCCCCCCCC)OC(=O)CCCCCCCCC(C)C. The van der Waals surface area contributed by atoms with Gasteiger partial charge in [-0.3, -0.25) is 37.3 Å². The highest BCUT2D eigenvalue weighted by Gasteiger charge is 2.30. The number of aliphatic hydroxyl groups is 1. The third-order valence-corrected chi connectivity index (χ3v) is 20.7. The largest absolute Gasteiger partial charge is 0.472 e. The van der Waals surface area contributed by atoms with Crippen LogP contribution in [-0.2, 0) is 65.4 Å². The lowest BCUT2D eigenvalue weighted by Crippen LogP contribution is -2.30. The van der Waals surface area contributed by atoms with E-state index in [1.165, 1.54) is 250 Å². The second-order valence-corrected chi connectivity index (χ2v) is 32.2. The van der Waals surface area contributed by atoms with Crippen LogP contribution in [0.3, 0.4) is 0 Å². The highest BCUT2D eigenvalue weighted by molar-refractivity contribution is 7.47. The first-order valence-corrected chi connectivity index (χ1v) is 44.6. The summed E-state index contributed by atoms with van der Waals surface area (Å²) in [4.78, 5) is 72.8. The number of carbonyl (C=O) groups excluding carboxylic acids is 4. The fourth-order valence-electron chi connectivity index (χ4n) is 12.4. The molecule has 0 aromatic heterocycles. The van der Waals surface area contributed by atoms with Crippen LogP contribution in [-0.4, -0.2) is 96.7 Å². The molecule has 0 rings (SSSR count). The van der Waals surface area contributed by atoms with E-state index in [1.807, 2.05) is 0 Å². The first-order chi connectivity index (χ1) is 48.0. The zero-order chi connectivity index (χ0) is 72.7. The zero-order valence-electron chi connectivity index (χ0n) is 64.6. The van der Waals surface area contributed by atoms with Gasteiger partial charge in [0.2, 0.25) is 0 Å². The molecule has 17 nitrogen and oxygen atoms in total. The molecule has 5 atom stereocenters. The molecule has 0 aromatic carbocycles. The Balaban J connectivity index is 5.15. The van der Waals surface area contributed by atoms with Gasteiger partial charge in [-0.2, -0.15) is 0 Å². The van der Waals surface area contributed by atoms with Crippen molar-refractivity contribution in [1.82, 2.24) is 0 Å². The maximum Gasteiger partial charge on any atom is 0.472 e. The zero-order valence-corrected chi connectivity index (χ0v) is 66.4. The first-order valence-electron chi connectivity index (χ1n) is 41.6. The Morgan fingerprint density at radius 3 is 0.687 bits per heavy atom. The van der Waals surface area contributed by atoms with E-state index in [0.717, 1.165) is 89.9 Å². The number of rotatable bonds is 80. The average Bonchev–Trinajstić information content (AvgIpc) is 1.02. The summed E-state index contributed by atoms with van der Waals surface area (Å²) in [6.45, 7) is 7.20. The maximum absolute atomic E-state index is 13.1. The van der Waals surface area contributed by atoms with Gasteiger partial charge in [-0.1, -0.05) is 375 Å². The molecule has 0 aliphatic carbocycles. The maximum atomic E-state index is 13.1. The van der Waals surface area contributed by atoms with Crippen LogP contribution in [0.15, 0.2) is 0 Å². The molecule has 0 saturated carbocycles. The minimum atomic E-state index is -4.96. The second kappa shape index (κ2) is 73.0. The molecular weight excluding hydrogens is 1290 g/mol. The first kappa shape index (κ1) is 97.1. The average molecular weight is 1450 g/mol. The quantitative estimate of drug-likeness (QED) is 0.0222. The van der Waals surface area contributed by atoms with Crippen molar-refractivity contribution in [3.05, 3.63) is 0 Å². The van der Waals surface area contributed by atoms with E-state index in [1.54, 1.807) is 0 Å². The van der Waals surface area contributed by atoms with E-state index in [-0.39, 0.29) is 25.7 Å². The van der Waals surface area contributed by atoms with Gasteiger partial charge in [0.1, 0.15) is 19.3 Å². The van der Waals surface area contributed by atoms with Crippen molar-refractivity contribution in [1.29, 1.82) is 0 Å². The molecule has 3 N–H and O–H groups in total. The topological polar surface area (TPSA) is 237 Å². The van der Waals surface area contributed by atoms with Crippen LogP contribution in [0.2, 0.25) is 0 Å². The molecule has 0 heterocycles. The highest BCUT2D eigenvalue weighted by atomic mass is 31.2. The van der Waals surface area contributed by atoms with Crippen molar-refractivity contribution in [3.63, 3.8) is 0 Å². The fraction of sp³-hybridized carbons (Fsp3) is 0.950. The van der Waals surface area contributed by atoms with Crippen molar-refractivity contribution < 1.29 is 80.2 Å². The number of hydrogen-bond acceptors (Lipinski definition) is 15. The molecule has 19 heteroatoms. The van der Waals surface area contributed by atoms with Gasteiger partial charge in [-0.15, -0.1) is 0 Å². The van der Waals surface area contributed by atoms with Crippen LogP contribution >= 0.6 is 15.6 Å². The molecule has 0 aliphatic rings. The van der Waals surface area contributed by atoms with Gasteiger partial charge in [0, 0.05) is 25.7 Å². The van der Waals surface area contributed by atoms with Gasteiger partial charge in [-0.05, 0) is 31.6 Å². The fourth-order valence-corrected chi connectivity index (χ4v) is 14.0. The summed E-state index contributed by atoms with van der Waals surface area (Å²) >= 11 is 0. The summed E-state index contributed by atoms with van der Waals surface area (Å²) in [5, 5.41) is 10.6. The van der Waals surface area contributed by atoms with Gasteiger partial charge < -0.3 is 33.8 Å². The molecular formula is C80H156O17P2. The molecule has 0 fully saturated rings. The van der Waals surface area contributed by atoms with Crippen molar-refractivity contribution in [3.8, 4) is 0 Å². The minimum Gasteiger partial charge on any atom is -0.462 e. The van der Waals surface area contributed by atoms with E-state index in [9.17, 15) is 43.2 Å². The molecule has 588 valence electrons. The van der Waals surface area contributed by atoms with E-state index < -0.39 is 97.5 Å². The molecule has 0 aromatic rings. The summed E-state index contributed by atoms with van der Waals surface area (Å²) < 4.78 is 68.5. The Kier molecular flexibility index (Phi) is 71.6. The number of esters is 4. The van der Waals surface area contributed by atoms with Crippen molar-refractivity contribution in [2.45, 2.75) is 445 Å². The molecule has 0 saturated heterocycles. The molecule has 0 amide bonds. The van der Waals surface area contributed by atoms with E-state index >= 15 is 0 Å². The van der Waals surface area contributed by atoms with Gasteiger partial charge in [0.25, 0.3) is 0 Å². The van der Waals surface area contributed by atoms with Gasteiger partial charge in [0.05, 0.1) is 26.4 Å². The summed E-state index contributed by atoms with van der Waals surface area (Å²) in [5.41, 5.74) is 0. The van der Waals surface area contributed by atoms with Crippen molar-refractivity contribution in [2.24, 2.45) is 5.92 Å². The third kappa shape index (κ3) is 74.1. The summed E-state index contributed by atoms with van der Waals surface area (Å²) in [6.07, 6.45) is 64.3. The lowest BCUT2D eigenvalue weighted by atomic mass is 10.0. The predicted molar refractivity (Wildman–Crippen MR) is 405 cm³/mol. The smallest absolute Gasteiger partial charge is 0.462 e. The van der Waals surface area contributed by atoms with Crippen LogP contribution in [0.1, 0.15) is 426 Å². The Hall–Kier alpha value is -1.94. The summed E-state index contributed by atoms with van der Waals surface area (Å²) in [5.74, 6) is -1.45. The number of ether oxygens (including phenoxy) is 4. The van der Waals surface area contributed by atoms with Crippen LogP contribution in [0.25, 0.3) is 0 Å². The summed E-state index contributed by atoms with van der Waals surface area (Å²) in [6, 6.07) is 0. The van der Waals surface area contributed by atoms with Crippen LogP contribution in [0.5, 0.6) is 0 Å². The lowest BCUT2D eigenvalue weighted by molar-refractivity contribution is -0.161. The van der Waals surface area contributed by atoms with Crippen molar-refractivity contribution >= 4 is 39.5 Å². The molecule has 0 radical (unpaired) electrons. The molecule has 0 aliphatic heterocycles. The predicted octanol–water partition coefficient (Wildman–Crippen LogP) is 24.0. The van der Waals surface area contributed by atoms with Crippen LogP contribution < -0.4 is 0 Å². The molecule has 0 spiro atoms. The number of phosphoric ester groups is 2. The van der Waals surface area contributed by atoms with Gasteiger partial charge in [0.15, 0.2) is 12.2 Å². The van der Waals surface area contributed by atoms with Gasteiger partial charge >= 0.3 is 39.5 Å². The second-order valence-electron chi connectivity index (χ2n) is 29.3. The van der Waals surface area contributed by atoms with E-state index in [4.69, 9.17) is 37.0 Å². The Bertz CT molecular complexity index is 1890. The van der Waals surface area contributed by atoms with E-state index in [2.05, 4.69) is 34.6 Å². The Morgan fingerprint density at radius 1 is 0.273 bits per heavy atom. The third-order valence-electron chi connectivity index (χ3n) is 18.8. The number of phosphoric acid groups is 2. The summed E-state index contributed by atoms with van der Waals surface area (Å²) in [7, 11) is -9.91. The number of hydrogen-bond donors (Lipinski definition) is 3. The monoisotopic (exact) mass is 1450 g/mol. The minimum absolute atomic E-state index is 0.103. The Morgan fingerprint density at radius 2 is 0.465 bits per heavy atom. The highest BCUT2D eigenvalue weighted by Crippen LogP contribution is 2.45. The van der Waals surface area contributed by atoms with Crippen LogP contribution in [0.4, 0.5) is 0 Å². The Labute approximate surface area is 607 Å². The van der Waals surface area contributed by atoms with Gasteiger partial charge in [-0.25, -0.2) is 9.13 Å². The molecule has 99 heavy (non-hydrogen) atoms. The molecule has 2 unspecified atom stereocenters.